The summed E-state index contributed by atoms with van der Waals surface area (Å²) in [5, 5.41) is 6.29. The van der Waals surface area contributed by atoms with E-state index in [1.165, 1.54) is 6.42 Å². The van der Waals surface area contributed by atoms with Gasteiger partial charge in [-0.3, -0.25) is 9.78 Å². The number of hydrogen-bond acceptors (Lipinski definition) is 4. The van der Waals surface area contributed by atoms with E-state index in [9.17, 15) is 4.79 Å². The van der Waals surface area contributed by atoms with Crippen molar-refractivity contribution < 1.29 is 4.79 Å². The van der Waals surface area contributed by atoms with Gasteiger partial charge in [-0.15, -0.1) is 11.6 Å². The van der Waals surface area contributed by atoms with Gasteiger partial charge >= 0.3 is 0 Å². The van der Waals surface area contributed by atoms with Crippen molar-refractivity contribution in [3.05, 3.63) is 18.6 Å². The van der Waals surface area contributed by atoms with Crippen molar-refractivity contribution in [1.29, 1.82) is 0 Å². The topological polar surface area (TPSA) is 66.9 Å². The number of alkyl halides is 1. The molecule has 4 aliphatic rings. The maximum Gasteiger partial charge on any atom is 0.226 e. The largest absolute Gasteiger partial charge is 0.367 e. The molecule has 1 aromatic heterocycles. The molecular weight excluding hydrogens is 312 g/mol. The summed E-state index contributed by atoms with van der Waals surface area (Å²) in [5.41, 5.74) is -0.210. The summed E-state index contributed by atoms with van der Waals surface area (Å²) >= 11 is 6.80. The molecule has 0 aromatic carbocycles. The zero-order valence-corrected chi connectivity index (χ0v) is 14.0. The number of amides is 1. The van der Waals surface area contributed by atoms with Crippen LogP contribution in [0, 0.1) is 17.3 Å². The van der Waals surface area contributed by atoms with E-state index < -0.39 is 0 Å². The number of nitrogens with zero attached hydrogens (tertiary/aromatic N) is 2. The van der Waals surface area contributed by atoms with Gasteiger partial charge < -0.3 is 10.6 Å². The first-order valence-corrected chi connectivity index (χ1v) is 8.92. The Labute approximate surface area is 141 Å². The van der Waals surface area contributed by atoms with Gasteiger partial charge in [0.25, 0.3) is 0 Å². The number of aromatic nitrogens is 2. The molecular formula is C17H23ClN4O. The summed E-state index contributed by atoms with van der Waals surface area (Å²) < 4.78 is 0. The number of carbonyl (C=O) groups excluding carboxylic acids is 1. The summed E-state index contributed by atoms with van der Waals surface area (Å²) in [4.78, 5) is 20.9. The van der Waals surface area contributed by atoms with Gasteiger partial charge in [0, 0.05) is 30.4 Å². The van der Waals surface area contributed by atoms with Crippen molar-refractivity contribution in [1.82, 2.24) is 15.3 Å². The molecule has 0 aliphatic heterocycles. The molecule has 4 aliphatic carbocycles. The Hall–Kier alpha value is -1.36. The van der Waals surface area contributed by atoms with Gasteiger partial charge in [-0.2, -0.15) is 0 Å². The zero-order chi connectivity index (χ0) is 15.9. The fourth-order valence-corrected chi connectivity index (χ4v) is 6.05. The van der Waals surface area contributed by atoms with Crippen molar-refractivity contribution in [3.63, 3.8) is 0 Å². The van der Waals surface area contributed by atoms with Crippen LogP contribution >= 0.6 is 11.6 Å². The lowest BCUT2D eigenvalue weighted by Crippen LogP contribution is -2.58. The van der Waals surface area contributed by atoms with Crippen molar-refractivity contribution in [2.24, 2.45) is 17.3 Å². The molecule has 0 unspecified atom stereocenters. The van der Waals surface area contributed by atoms with E-state index in [-0.39, 0.29) is 16.2 Å². The third-order valence-corrected chi connectivity index (χ3v) is 6.19. The minimum atomic E-state index is -0.210. The number of anilines is 1. The monoisotopic (exact) mass is 334 g/mol. The maximum absolute atomic E-state index is 12.8. The van der Waals surface area contributed by atoms with Gasteiger partial charge in [0.1, 0.15) is 5.82 Å². The highest BCUT2D eigenvalue weighted by Gasteiger charge is 2.59. The van der Waals surface area contributed by atoms with Crippen molar-refractivity contribution in [2.75, 3.05) is 18.4 Å². The minimum absolute atomic E-state index is 0.112. The van der Waals surface area contributed by atoms with Crippen LogP contribution in [0.3, 0.4) is 0 Å². The molecule has 4 saturated carbocycles. The highest BCUT2D eigenvalue weighted by Crippen LogP contribution is 2.63. The molecule has 0 radical (unpaired) electrons. The van der Waals surface area contributed by atoms with E-state index in [0.717, 1.165) is 37.9 Å². The fourth-order valence-electron chi connectivity index (χ4n) is 5.36. The zero-order valence-electron chi connectivity index (χ0n) is 13.2. The van der Waals surface area contributed by atoms with Crippen LogP contribution in [0.1, 0.15) is 38.5 Å². The average Bonchev–Trinajstić information content (AvgIpc) is 2.50. The minimum Gasteiger partial charge on any atom is -0.367 e. The van der Waals surface area contributed by atoms with Crippen LogP contribution < -0.4 is 10.6 Å². The molecule has 5 rings (SSSR count). The Balaban J connectivity index is 1.32. The van der Waals surface area contributed by atoms with Crippen LogP contribution in [0.25, 0.3) is 0 Å². The SMILES string of the molecule is O=C(NCCNc1cnccn1)C12C[C@H]3C[C@@H](CC(Cl)(C3)C1)C2. The first kappa shape index (κ1) is 15.2. The maximum atomic E-state index is 12.8. The fraction of sp³-hybridized carbons (Fsp3) is 0.706. The van der Waals surface area contributed by atoms with Crippen molar-refractivity contribution in [3.8, 4) is 0 Å². The third kappa shape index (κ3) is 2.91. The van der Waals surface area contributed by atoms with Crippen molar-refractivity contribution >= 4 is 23.3 Å². The lowest BCUT2D eigenvalue weighted by Gasteiger charge is -2.59. The Morgan fingerprint density at radius 3 is 2.65 bits per heavy atom. The van der Waals surface area contributed by atoms with Crippen molar-refractivity contribution in [2.45, 2.75) is 43.4 Å². The normalized spacial score (nSPS) is 37.6. The van der Waals surface area contributed by atoms with E-state index in [4.69, 9.17) is 11.6 Å². The lowest BCUT2D eigenvalue weighted by atomic mass is 9.49. The Morgan fingerprint density at radius 1 is 1.22 bits per heavy atom. The molecule has 4 fully saturated rings. The Bertz CT molecular complexity index is 580. The van der Waals surface area contributed by atoms with Crippen LogP contribution in [0.4, 0.5) is 5.82 Å². The van der Waals surface area contributed by atoms with Gasteiger partial charge in [-0.05, 0) is 50.4 Å². The van der Waals surface area contributed by atoms with Gasteiger partial charge in [0.2, 0.25) is 5.91 Å². The van der Waals surface area contributed by atoms with Gasteiger partial charge in [0.05, 0.1) is 11.6 Å². The number of carbonyl (C=O) groups is 1. The molecule has 1 heterocycles. The Kier molecular flexibility index (Phi) is 3.71. The third-order valence-electron chi connectivity index (χ3n) is 5.75. The number of hydrogen-bond donors (Lipinski definition) is 2. The molecule has 124 valence electrons. The molecule has 23 heavy (non-hydrogen) atoms. The second-order valence-electron chi connectivity index (χ2n) is 7.67. The van der Waals surface area contributed by atoms with Crippen LogP contribution in [-0.4, -0.2) is 33.8 Å². The van der Waals surface area contributed by atoms with E-state index in [1.54, 1.807) is 18.6 Å². The molecule has 0 spiro atoms. The molecule has 2 atom stereocenters. The van der Waals surface area contributed by atoms with Crippen LogP contribution in [0.5, 0.6) is 0 Å². The predicted molar refractivity (Wildman–Crippen MR) is 89.2 cm³/mol. The average molecular weight is 335 g/mol. The van der Waals surface area contributed by atoms with E-state index in [2.05, 4.69) is 20.6 Å². The summed E-state index contributed by atoms with van der Waals surface area (Å²) in [7, 11) is 0. The number of halogens is 1. The summed E-state index contributed by atoms with van der Waals surface area (Å²) in [6.45, 7) is 1.25. The highest BCUT2D eigenvalue weighted by molar-refractivity contribution is 6.24. The smallest absolute Gasteiger partial charge is 0.226 e. The van der Waals surface area contributed by atoms with E-state index in [0.29, 0.717) is 24.9 Å². The molecule has 5 nitrogen and oxygen atoms in total. The summed E-state index contributed by atoms with van der Waals surface area (Å²) in [6, 6.07) is 0. The van der Waals surface area contributed by atoms with E-state index in [1.807, 2.05) is 0 Å². The molecule has 4 bridgehead atoms. The predicted octanol–water partition coefficient (Wildman–Crippen LogP) is 2.58. The van der Waals surface area contributed by atoms with Crippen LogP contribution in [0.15, 0.2) is 18.6 Å². The van der Waals surface area contributed by atoms with E-state index >= 15 is 0 Å². The molecule has 0 saturated heterocycles. The second-order valence-corrected chi connectivity index (χ2v) is 8.47. The van der Waals surface area contributed by atoms with Crippen LogP contribution in [0.2, 0.25) is 0 Å². The molecule has 6 heteroatoms. The molecule has 2 N–H and O–H groups in total. The quantitative estimate of drug-likeness (QED) is 0.641. The first-order chi connectivity index (χ1) is 11.1. The standard InChI is InChI=1S/C17H23ClN4O/c18-17-8-12-5-13(9-17)7-16(6-12,11-17)15(23)22-4-3-21-14-10-19-1-2-20-14/h1-2,10,12-13H,3-9,11H2,(H,20,21)(H,22,23)/t12-,13-,16?,17?/m1/s1. The first-order valence-electron chi connectivity index (χ1n) is 8.54. The Morgan fingerprint density at radius 2 is 2.00 bits per heavy atom. The second kappa shape index (κ2) is 5.62. The number of nitrogens with one attached hydrogen (secondary N) is 2. The summed E-state index contributed by atoms with van der Waals surface area (Å²) in [5.74, 6) is 2.24. The van der Waals surface area contributed by atoms with Crippen LogP contribution in [-0.2, 0) is 4.79 Å². The molecule has 1 amide bonds. The molecule has 1 aromatic rings. The lowest BCUT2D eigenvalue weighted by molar-refractivity contribution is -0.144. The van der Waals surface area contributed by atoms with Gasteiger partial charge in [0.15, 0.2) is 0 Å². The number of rotatable bonds is 5. The highest BCUT2D eigenvalue weighted by atomic mass is 35.5. The summed E-state index contributed by atoms with van der Waals surface area (Å²) in [6.07, 6.45) is 11.4. The van der Waals surface area contributed by atoms with Gasteiger partial charge in [-0.1, -0.05) is 0 Å². The van der Waals surface area contributed by atoms with Gasteiger partial charge in [-0.25, -0.2) is 4.98 Å².